The van der Waals surface area contributed by atoms with Gasteiger partial charge in [-0.05, 0) is 49.4 Å². The van der Waals surface area contributed by atoms with Crippen molar-refractivity contribution in [2.75, 3.05) is 14.2 Å². The van der Waals surface area contributed by atoms with Crippen molar-refractivity contribution < 1.29 is 9.13 Å². The minimum absolute atomic E-state index is 0.159. The van der Waals surface area contributed by atoms with Crippen molar-refractivity contribution >= 4 is 23.2 Å². The van der Waals surface area contributed by atoms with Crippen LogP contribution in [0.25, 0.3) is 0 Å². The second kappa shape index (κ2) is 7.12. The average Bonchev–Trinajstić information content (AvgIpc) is 2.47. The van der Waals surface area contributed by atoms with Crippen LogP contribution in [0.2, 0.25) is 10.0 Å². The van der Waals surface area contributed by atoms with Gasteiger partial charge in [0.25, 0.3) is 0 Å². The molecule has 0 fully saturated rings. The molecule has 0 spiro atoms. The van der Waals surface area contributed by atoms with Crippen molar-refractivity contribution in [2.45, 2.75) is 12.5 Å². The number of halogens is 3. The molecule has 0 aliphatic heterocycles. The van der Waals surface area contributed by atoms with Gasteiger partial charge in [-0.1, -0.05) is 29.3 Å². The van der Waals surface area contributed by atoms with Gasteiger partial charge in [-0.25, -0.2) is 4.39 Å². The Hall–Kier alpha value is -1.29. The SMILES string of the molecule is CNC(Cc1c(Cl)cccc1Cl)c1cc(F)ccc1OC. The smallest absolute Gasteiger partial charge is 0.123 e. The lowest BCUT2D eigenvalue weighted by atomic mass is 9.98. The topological polar surface area (TPSA) is 21.3 Å². The molecule has 1 N–H and O–H groups in total. The van der Waals surface area contributed by atoms with Crippen molar-refractivity contribution in [3.8, 4) is 5.75 Å². The van der Waals surface area contributed by atoms with Crippen molar-refractivity contribution in [2.24, 2.45) is 0 Å². The first-order valence-electron chi connectivity index (χ1n) is 6.50. The largest absolute Gasteiger partial charge is 0.496 e. The number of rotatable bonds is 5. The van der Waals surface area contributed by atoms with Crippen LogP contribution in [-0.4, -0.2) is 14.2 Å². The Morgan fingerprint density at radius 1 is 1.19 bits per heavy atom. The molecule has 112 valence electrons. The molecule has 1 atom stereocenters. The third kappa shape index (κ3) is 3.67. The van der Waals surface area contributed by atoms with Crippen LogP contribution >= 0.6 is 23.2 Å². The highest BCUT2D eigenvalue weighted by atomic mass is 35.5. The Balaban J connectivity index is 2.39. The zero-order chi connectivity index (χ0) is 15.4. The fraction of sp³-hybridized carbons (Fsp3) is 0.250. The van der Waals surface area contributed by atoms with E-state index in [1.807, 2.05) is 0 Å². The molecule has 5 heteroatoms. The van der Waals surface area contributed by atoms with Crippen LogP contribution in [0.3, 0.4) is 0 Å². The van der Waals surface area contributed by atoms with Crippen molar-refractivity contribution in [1.82, 2.24) is 5.32 Å². The lowest BCUT2D eigenvalue weighted by molar-refractivity contribution is 0.399. The summed E-state index contributed by atoms with van der Waals surface area (Å²) in [4.78, 5) is 0. The zero-order valence-corrected chi connectivity index (χ0v) is 13.3. The van der Waals surface area contributed by atoms with Gasteiger partial charge in [0.2, 0.25) is 0 Å². The van der Waals surface area contributed by atoms with E-state index in [4.69, 9.17) is 27.9 Å². The lowest BCUT2D eigenvalue weighted by Gasteiger charge is -2.20. The van der Waals surface area contributed by atoms with Crippen molar-refractivity contribution in [1.29, 1.82) is 0 Å². The molecular weight excluding hydrogens is 312 g/mol. The molecule has 2 nitrogen and oxygen atoms in total. The van der Waals surface area contributed by atoms with Gasteiger partial charge in [-0.3, -0.25) is 0 Å². The van der Waals surface area contributed by atoms with E-state index in [-0.39, 0.29) is 11.9 Å². The van der Waals surface area contributed by atoms with Crippen molar-refractivity contribution in [3.05, 3.63) is 63.4 Å². The van der Waals surface area contributed by atoms with Gasteiger partial charge in [0.05, 0.1) is 7.11 Å². The first kappa shape index (κ1) is 16.1. The van der Waals surface area contributed by atoms with Crippen LogP contribution in [0.4, 0.5) is 4.39 Å². The minimum Gasteiger partial charge on any atom is -0.496 e. The number of hydrogen-bond donors (Lipinski definition) is 1. The molecule has 0 aliphatic rings. The lowest BCUT2D eigenvalue weighted by Crippen LogP contribution is -2.20. The Bertz CT molecular complexity index is 613. The molecule has 21 heavy (non-hydrogen) atoms. The first-order valence-corrected chi connectivity index (χ1v) is 7.26. The Kier molecular flexibility index (Phi) is 5.45. The van der Waals surface area contributed by atoms with Crippen LogP contribution < -0.4 is 10.1 Å². The summed E-state index contributed by atoms with van der Waals surface area (Å²) >= 11 is 12.4. The highest BCUT2D eigenvalue weighted by Gasteiger charge is 2.18. The molecule has 0 aliphatic carbocycles. The maximum absolute atomic E-state index is 13.5. The van der Waals surface area contributed by atoms with E-state index in [9.17, 15) is 4.39 Å². The van der Waals surface area contributed by atoms with Crippen LogP contribution in [0, 0.1) is 5.82 Å². The van der Waals surface area contributed by atoms with Crippen LogP contribution in [0.1, 0.15) is 17.2 Å². The maximum atomic E-state index is 13.5. The minimum atomic E-state index is -0.309. The number of likely N-dealkylation sites (N-methyl/N-ethyl adjacent to an activating group) is 1. The molecule has 0 saturated carbocycles. The van der Waals surface area contributed by atoms with E-state index in [1.165, 1.54) is 12.1 Å². The van der Waals surface area contributed by atoms with E-state index in [1.54, 1.807) is 38.4 Å². The fourth-order valence-electron chi connectivity index (χ4n) is 2.28. The summed E-state index contributed by atoms with van der Waals surface area (Å²) in [6, 6.07) is 9.67. The fourth-order valence-corrected chi connectivity index (χ4v) is 2.83. The standard InChI is InChI=1S/C16H16Cl2FNO/c1-20-15(9-11-13(17)4-3-5-14(11)18)12-8-10(19)6-7-16(12)21-2/h3-8,15,20H,9H2,1-2H3. The molecule has 2 rings (SSSR count). The summed E-state index contributed by atoms with van der Waals surface area (Å²) < 4.78 is 18.9. The van der Waals surface area contributed by atoms with Gasteiger partial charge in [0.1, 0.15) is 11.6 Å². The quantitative estimate of drug-likeness (QED) is 0.863. The Morgan fingerprint density at radius 3 is 2.43 bits per heavy atom. The summed E-state index contributed by atoms with van der Waals surface area (Å²) in [6.45, 7) is 0. The molecule has 0 aromatic heterocycles. The summed E-state index contributed by atoms with van der Waals surface area (Å²) in [5.74, 6) is 0.315. The molecular formula is C16H16Cl2FNO. The Morgan fingerprint density at radius 2 is 1.86 bits per heavy atom. The van der Waals surface area contributed by atoms with Gasteiger partial charge in [-0.2, -0.15) is 0 Å². The molecule has 2 aromatic rings. The highest BCUT2D eigenvalue weighted by molar-refractivity contribution is 6.36. The van der Waals surface area contributed by atoms with Crippen LogP contribution in [0.5, 0.6) is 5.75 Å². The van der Waals surface area contributed by atoms with Gasteiger partial charge in [0, 0.05) is 21.7 Å². The number of ether oxygens (including phenoxy) is 1. The molecule has 0 heterocycles. The number of methoxy groups -OCH3 is 1. The summed E-state index contributed by atoms with van der Waals surface area (Å²) in [6.07, 6.45) is 0.537. The molecule has 0 saturated heterocycles. The number of benzene rings is 2. The predicted molar refractivity (Wildman–Crippen MR) is 84.9 cm³/mol. The zero-order valence-electron chi connectivity index (χ0n) is 11.8. The predicted octanol–water partition coefficient (Wildman–Crippen LogP) is 4.64. The third-order valence-electron chi connectivity index (χ3n) is 3.39. The van der Waals surface area contributed by atoms with E-state index in [2.05, 4.69) is 5.32 Å². The molecule has 1 unspecified atom stereocenters. The maximum Gasteiger partial charge on any atom is 0.123 e. The molecule has 0 radical (unpaired) electrons. The van der Waals surface area contributed by atoms with Gasteiger partial charge < -0.3 is 10.1 Å². The van der Waals surface area contributed by atoms with E-state index in [0.717, 1.165) is 11.1 Å². The van der Waals surface area contributed by atoms with Gasteiger partial charge >= 0.3 is 0 Å². The second-order valence-electron chi connectivity index (χ2n) is 4.63. The Labute approximate surface area is 133 Å². The normalized spacial score (nSPS) is 12.2. The summed E-state index contributed by atoms with van der Waals surface area (Å²) in [5, 5.41) is 4.35. The van der Waals surface area contributed by atoms with E-state index in [0.29, 0.717) is 22.2 Å². The van der Waals surface area contributed by atoms with Gasteiger partial charge in [0.15, 0.2) is 0 Å². The summed E-state index contributed by atoms with van der Waals surface area (Å²) in [5.41, 5.74) is 1.56. The molecule has 0 amide bonds. The monoisotopic (exact) mass is 327 g/mol. The third-order valence-corrected chi connectivity index (χ3v) is 4.09. The number of nitrogens with one attached hydrogen (secondary N) is 1. The average molecular weight is 328 g/mol. The van der Waals surface area contributed by atoms with Crippen molar-refractivity contribution in [3.63, 3.8) is 0 Å². The molecule has 0 bridgehead atoms. The van der Waals surface area contributed by atoms with Crippen LogP contribution in [-0.2, 0) is 6.42 Å². The van der Waals surface area contributed by atoms with Gasteiger partial charge in [-0.15, -0.1) is 0 Å². The highest BCUT2D eigenvalue weighted by Crippen LogP contribution is 2.33. The molecule has 2 aromatic carbocycles. The first-order chi connectivity index (χ1) is 10.1. The number of hydrogen-bond acceptors (Lipinski definition) is 2. The second-order valence-corrected chi connectivity index (χ2v) is 5.45. The van der Waals surface area contributed by atoms with Crippen LogP contribution in [0.15, 0.2) is 36.4 Å². The van der Waals surface area contributed by atoms with E-state index < -0.39 is 0 Å². The van der Waals surface area contributed by atoms with E-state index >= 15 is 0 Å². The summed E-state index contributed by atoms with van der Waals surface area (Å²) in [7, 11) is 3.37.